The summed E-state index contributed by atoms with van der Waals surface area (Å²) in [6, 6.07) is 6.66. The standard InChI is InChI=1S/C7H8O2.C2H4O/c1-9-7-4-2-3-6(8)5-7;1-2-3/h2-5,8H,1H3;2H,1H3. The number of methoxy groups -OCH3 is 1. The van der Waals surface area contributed by atoms with Gasteiger partial charge in [-0.1, -0.05) is 6.07 Å². The van der Waals surface area contributed by atoms with Crippen molar-refractivity contribution in [1.82, 2.24) is 0 Å². The number of rotatable bonds is 1. The van der Waals surface area contributed by atoms with Crippen LogP contribution in [0.5, 0.6) is 11.5 Å². The highest BCUT2D eigenvalue weighted by Gasteiger charge is 1.88. The van der Waals surface area contributed by atoms with Crippen LogP contribution in [-0.2, 0) is 4.79 Å². The lowest BCUT2D eigenvalue weighted by molar-refractivity contribution is -0.106. The molecule has 0 aromatic heterocycles. The molecule has 0 saturated heterocycles. The van der Waals surface area contributed by atoms with Crippen LogP contribution in [0.1, 0.15) is 6.92 Å². The number of benzene rings is 1. The SMILES string of the molecule is CC=O.COc1cccc(O)c1. The second-order valence-electron chi connectivity index (χ2n) is 1.94. The molecule has 66 valence electrons. The molecule has 0 amide bonds. The fourth-order valence-electron chi connectivity index (χ4n) is 0.610. The first-order valence-corrected chi connectivity index (χ1v) is 3.47. The molecule has 0 fully saturated rings. The number of aldehydes is 1. The minimum Gasteiger partial charge on any atom is -0.508 e. The Morgan fingerprint density at radius 1 is 1.50 bits per heavy atom. The first-order valence-electron chi connectivity index (χ1n) is 3.47. The Labute approximate surface area is 71.6 Å². The van der Waals surface area contributed by atoms with Gasteiger partial charge in [0.15, 0.2) is 0 Å². The summed E-state index contributed by atoms with van der Waals surface area (Å²) in [7, 11) is 1.56. The van der Waals surface area contributed by atoms with Crippen molar-refractivity contribution in [2.75, 3.05) is 7.11 Å². The van der Waals surface area contributed by atoms with Crippen molar-refractivity contribution in [3.63, 3.8) is 0 Å². The number of carbonyl (C=O) groups excluding carboxylic acids is 1. The van der Waals surface area contributed by atoms with E-state index < -0.39 is 0 Å². The zero-order chi connectivity index (χ0) is 9.40. The van der Waals surface area contributed by atoms with Gasteiger partial charge in [0, 0.05) is 6.07 Å². The van der Waals surface area contributed by atoms with Gasteiger partial charge in [-0.2, -0.15) is 0 Å². The molecular formula is C9H12O3. The average molecular weight is 168 g/mol. The summed E-state index contributed by atoms with van der Waals surface area (Å²) in [5, 5.41) is 8.86. The van der Waals surface area contributed by atoms with Crippen LogP contribution in [-0.4, -0.2) is 18.5 Å². The third-order valence-corrected chi connectivity index (χ3v) is 1.05. The minimum atomic E-state index is 0.231. The molecular weight excluding hydrogens is 156 g/mol. The van der Waals surface area contributed by atoms with Gasteiger partial charge in [0.25, 0.3) is 0 Å². The van der Waals surface area contributed by atoms with Crippen molar-refractivity contribution >= 4 is 6.29 Å². The van der Waals surface area contributed by atoms with E-state index in [4.69, 9.17) is 14.6 Å². The van der Waals surface area contributed by atoms with Crippen LogP contribution >= 0.6 is 0 Å². The minimum absolute atomic E-state index is 0.231. The Bertz CT molecular complexity index is 233. The van der Waals surface area contributed by atoms with E-state index in [9.17, 15) is 0 Å². The Balaban J connectivity index is 0.000000354. The van der Waals surface area contributed by atoms with Crippen LogP contribution in [0.15, 0.2) is 24.3 Å². The lowest BCUT2D eigenvalue weighted by Gasteiger charge is -1.97. The van der Waals surface area contributed by atoms with Crippen molar-refractivity contribution < 1.29 is 14.6 Å². The molecule has 1 rings (SSSR count). The molecule has 3 heteroatoms. The van der Waals surface area contributed by atoms with Crippen molar-refractivity contribution in [3.8, 4) is 11.5 Å². The zero-order valence-electron chi connectivity index (χ0n) is 7.15. The predicted octanol–water partition coefficient (Wildman–Crippen LogP) is 1.61. The van der Waals surface area contributed by atoms with E-state index in [1.165, 1.54) is 6.92 Å². The number of hydrogen-bond donors (Lipinski definition) is 1. The molecule has 0 saturated carbocycles. The molecule has 0 heterocycles. The monoisotopic (exact) mass is 168 g/mol. The molecule has 0 radical (unpaired) electrons. The number of phenolic OH excluding ortho intramolecular Hbond substituents is 1. The third kappa shape index (κ3) is 4.33. The summed E-state index contributed by atoms with van der Waals surface area (Å²) in [6.45, 7) is 1.44. The molecule has 3 nitrogen and oxygen atoms in total. The van der Waals surface area contributed by atoms with Crippen LogP contribution in [0.25, 0.3) is 0 Å². The molecule has 0 atom stereocenters. The Hall–Kier alpha value is -1.51. The maximum Gasteiger partial charge on any atom is 0.122 e. The number of carbonyl (C=O) groups is 1. The van der Waals surface area contributed by atoms with Gasteiger partial charge >= 0.3 is 0 Å². The molecule has 12 heavy (non-hydrogen) atoms. The number of hydrogen-bond acceptors (Lipinski definition) is 3. The smallest absolute Gasteiger partial charge is 0.122 e. The van der Waals surface area contributed by atoms with Crippen molar-refractivity contribution in [1.29, 1.82) is 0 Å². The molecule has 0 bridgehead atoms. The molecule has 0 aliphatic heterocycles. The predicted molar refractivity (Wildman–Crippen MR) is 46.4 cm³/mol. The zero-order valence-corrected chi connectivity index (χ0v) is 7.15. The number of ether oxygens (including phenoxy) is 1. The van der Waals surface area contributed by atoms with Gasteiger partial charge in [-0.25, -0.2) is 0 Å². The highest BCUT2D eigenvalue weighted by atomic mass is 16.5. The van der Waals surface area contributed by atoms with Gasteiger partial charge in [0.2, 0.25) is 0 Å². The quantitative estimate of drug-likeness (QED) is 0.648. The lowest BCUT2D eigenvalue weighted by Crippen LogP contribution is -1.79. The van der Waals surface area contributed by atoms with Gasteiger partial charge in [-0.15, -0.1) is 0 Å². The van der Waals surface area contributed by atoms with Crippen LogP contribution in [0, 0.1) is 0 Å². The molecule has 1 aromatic rings. The van der Waals surface area contributed by atoms with Crippen LogP contribution < -0.4 is 4.74 Å². The summed E-state index contributed by atoms with van der Waals surface area (Å²) in [5.74, 6) is 0.907. The highest BCUT2D eigenvalue weighted by Crippen LogP contribution is 2.16. The average Bonchev–Trinajstić information content (AvgIpc) is 2.06. The van der Waals surface area contributed by atoms with E-state index in [0.29, 0.717) is 5.75 Å². The number of aromatic hydroxyl groups is 1. The van der Waals surface area contributed by atoms with Gasteiger partial charge in [-0.3, -0.25) is 0 Å². The molecule has 0 aliphatic carbocycles. The van der Waals surface area contributed by atoms with Crippen LogP contribution in [0.4, 0.5) is 0 Å². The fourth-order valence-corrected chi connectivity index (χ4v) is 0.610. The largest absolute Gasteiger partial charge is 0.508 e. The summed E-state index contributed by atoms with van der Waals surface area (Å²) in [6.07, 6.45) is 0.750. The molecule has 1 aromatic carbocycles. The van der Waals surface area contributed by atoms with Crippen LogP contribution in [0.3, 0.4) is 0 Å². The Morgan fingerprint density at radius 2 is 2.08 bits per heavy atom. The van der Waals surface area contributed by atoms with Gasteiger partial charge in [0.1, 0.15) is 17.8 Å². The fraction of sp³-hybridized carbons (Fsp3) is 0.222. The highest BCUT2D eigenvalue weighted by molar-refractivity contribution is 5.44. The first kappa shape index (κ1) is 10.5. The summed E-state index contributed by atoms with van der Waals surface area (Å²) < 4.78 is 4.84. The second kappa shape index (κ2) is 6.22. The summed E-state index contributed by atoms with van der Waals surface area (Å²) in [4.78, 5) is 8.81. The lowest BCUT2D eigenvalue weighted by atomic mass is 10.3. The Kier molecular flexibility index (Phi) is 5.43. The van der Waals surface area contributed by atoms with E-state index in [0.717, 1.165) is 6.29 Å². The summed E-state index contributed by atoms with van der Waals surface area (Å²) >= 11 is 0. The topological polar surface area (TPSA) is 46.5 Å². The van der Waals surface area contributed by atoms with Crippen molar-refractivity contribution in [2.45, 2.75) is 6.92 Å². The van der Waals surface area contributed by atoms with E-state index in [1.54, 1.807) is 31.4 Å². The van der Waals surface area contributed by atoms with Crippen LogP contribution in [0.2, 0.25) is 0 Å². The van der Waals surface area contributed by atoms with E-state index in [-0.39, 0.29) is 5.75 Å². The maximum atomic E-state index is 8.86. The first-order chi connectivity index (χ1) is 5.74. The molecule has 0 spiro atoms. The second-order valence-corrected chi connectivity index (χ2v) is 1.94. The van der Waals surface area contributed by atoms with Gasteiger partial charge in [0.05, 0.1) is 7.11 Å². The van der Waals surface area contributed by atoms with E-state index in [1.807, 2.05) is 0 Å². The normalized spacial score (nSPS) is 7.83. The van der Waals surface area contributed by atoms with Crippen molar-refractivity contribution in [3.05, 3.63) is 24.3 Å². The van der Waals surface area contributed by atoms with E-state index >= 15 is 0 Å². The van der Waals surface area contributed by atoms with E-state index in [2.05, 4.69) is 0 Å². The Morgan fingerprint density at radius 3 is 2.42 bits per heavy atom. The number of phenols is 1. The molecule has 1 N–H and O–H groups in total. The maximum absolute atomic E-state index is 8.86. The molecule has 0 aliphatic rings. The van der Waals surface area contributed by atoms with Gasteiger partial charge < -0.3 is 14.6 Å². The third-order valence-electron chi connectivity index (χ3n) is 1.05. The van der Waals surface area contributed by atoms with Crippen molar-refractivity contribution in [2.24, 2.45) is 0 Å². The van der Waals surface area contributed by atoms with Gasteiger partial charge in [-0.05, 0) is 19.1 Å². The summed E-state index contributed by atoms with van der Waals surface area (Å²) in [5.41, 5.74) is 0. The molecule has 0 unspecified atom stereocenters.